The van der Waals surface area contributed by atoms with Crippen molar-refractivity contribution in [3.8, 4) is 0 Å². The van der Waals surface area contributed by atoms with E-state index in [0.29, 0.717) is 3.79 Å². The molecule has 0 spiro atoms. The van der Waals surface area contributed by atoms with Gasteiger partial charge < -0.3 is 4.74 Å². The van der Waals surface area contributed by atoms with E-state index in [0.717, 1.165) is 11.3 Å². The van der Waals surface area contributed by atoms with Crippen LogP contribution in [0.5, 0.6) is 0 Å². The van der Waals surface area contributed by atoms with E-state index >= 15 is 0 Å². The summed E-state index contributed by atoms with van der Waals surface area (Å²) in [4.78, 5) is 33.7. The lowest BCUT2D eigenvalue weighted by molar-refractivity contribution is -0.155. The number of ketones is 2. The van der Waals surface area contributed by atoms with Gasteiger partial charge in [-0.1, -0.05) is 0 Å². The molecule has 1 rings (SSSR count). The van der Waals surface area contributed by atoms with E-state index in [-0.39, 0.29) is 11.5 Å². The molecule has 0 saturated heterocycles. The zero-order chi connectivity index (χ0) is 13.0. The fraction of sp³-hybridized carbons (Fsp3) is 0.300. The van der Waals surface area contributed by atoms with Gasteiger partial charge in [0.05, 0.1) is 15.3 Å². The summed E-state index contributed by atoms with van der Waals surface area (Å²) in [6.07, 6.45) is -2.50. The van der Waals surface area contributed by atoms with Crippen molar-refractivity contribution in [1.29, 1.82) is 0 Å². The first kappa shape index (κ1) is 14.0. The molecule has 0 aliphatic heterocycles. The maximum Gasteiger partial charge on any atom is 0.378 e. The van der Waals surface area contributed by atoms with Crippen LogP contribution >= 0.6 is 27.3 Å². The van der Waals surface area contributed by atoms with E-state index in [1.807, 2.05) is 0 Å². The Kier molecular flexibility index (Phi) is 4.95. The van der Waals surface area contributed by atoms with Crippen molar-refractivity contribution in [3.05, 3.63) is 20.8 Å². The first-order valence-electron chi connectivity index (χ1n) is 4.62. The molecular weight excluding hydrogens is 315 g/mol. The van der Waals surface area contributed by atoms with Crippen molar-refractivity contribution < 1.29 is 23.5 Å². The van der Waals surface area contributed by atoms with Crippen LogP contribution in [0.1, 0.15) is 16.6 Å². The van der Waals surface area contributed by atoms with Crippen LogP contribution in [0.2, 0.25) is 0 Å². The minimum Gasteiger partial charge on any atom is -0.460 e. The monoisotopic (exact) mass is 322 g/mol. The van der Waals surface area contributed by atoms with Crippen LogP contribution in [-0.4, -0.2) is 30.3 Å². The van der Waals surface area contributed by atoms with Crippen LogP contribution in [0.15, 0.2) is 15.9 Å². The summed E-state index contributed by atoms with van der Waals surface area (Å²) in [7, 11) is 0. The second-order valence-electron chi connectivity index (χ2n) is 2.92. The Morgan fingerprint density at radius 3 is 2.59 bits per heavy atom. The molecule has 0 N–H and O–H groups in total. The van der Waals surface area contributed by atoms with Crippen molar-refractivity contribution in [3.63, 3.8) is 0 Å². The van der Waals surface area contributed by atoms with Crippen LogP contribution in [0, 0.1) is 0 Å². The molecule has 0 aliphatic carbocycles. The number of alkyl halides is 1. The summed E-state index contributed by atoms with van der Waals surface area (Å²) in [5, 5.41) is 0. The summed E-state index contributed by atoms with van der Waals surface area (Å²) >= 11 is 4.10. The number of carbonyl (C=O) groups is 3. The van der Waals surface area contributed by atoms with Crippen LogP contribution < -0.4 is 0 Å². The molecule has 1 unspecified atom stereocenters. The van der Waals surface area contributed by atoms with Crippen molar-refractivity contribution in [1.82, 2.24) is 0 Å². The van der Waals surface area contributed by atoms with E-state index in [9.17, 15) is 18.8 Å². The van der Waals surface area contributed by atoms with Gasteiger partial charge in [0.1, 0.15) is 0 Å². The van der Waals surface area contributed by atoms with E-state index < -0.39 is 23.7 Å². The molecule has 0 bridgehead atoms. The van der Waals surface area contributed by atoms with Crippen LogP contribution in [-0.2, 0) is 14.3 Å². The van der Waals surface area contributed by atoms with Gasteiger partial charge in [0, 0.05) is 0 Å². The summed E-state index contributed by atoms with van der Waals surface area (Å²) in [5.74, 6) is -3.83. The molecule has 1 atom stereocenters. The number of Topliss-reactive ketones (excluding diaryl/α,β-unsaturated/α-hetero) is 2. The number of halogens is 2. The van der Waals surface area contributed by atoms with Crippen molar-refractivity contribution in [2.75, 3.05) is 6.61 Å². The number of ether oxygens (including phenoxy) is 1. The van der Waals surface area contributed by atoms with E-state index in [4.69, 9.17) is 0 Å². The molecule has 1 heterocycles. The van der Waals surface area contributed by atoms with E-state index in [1.165, 1.54) is 13.0 Å². The Morgan fingerprint density at radius 1 is 1.47 bits per heavy atom. The number of esters is 1. The van der Waals surface area contributed by atoms with Gasteiger partial charge in [0.25, 0.3) is 5.78 Å². The predicted molar refractivity (Wildman–Crippen MR) is 62.9 cm³/mol. The molecule has 4 nitrogen and oxygen atoms in total. The minimum absolute atomic E-state index is 0.0456. The van der Waals surface area contributed by atoms with Gasteiger partial charge in [-0.15, -0.1) is 11.3 Å². The first-order chi connectivity index (χ1) is 7.97. The maximum absolute atomic E-state index is 13.5. The summed E-state index contributed by atoms with van der Waals surface area (Å²) in [6, 6.07) is 2.93. The Morgan fingerprint density at radius 2 is 2.12 bits per heavy atom. The van der Waals surface area contributed by atoms with Crippen molar-refractivity contribution in [2.45, 2.75) is 13.1 Å². The number of hydrogen-bond donors (Lipinski definition) is 0. The van der Waals surface area contributed by atoms with Gasteiger partial charge >= 0.3 is 5.97 Å². The quantitative estimate of drug-likeness (QED) is 0.361. The van der Waals surface area contributed by atoms with Crippen LogP contribution in [0.25, 0.3) is 0 Å². The SMILES string of the molecule is CCOC(=O)C(=O)C(F)C(=O)c1ccc(Br)s1. The zero-order valence-electron chi connectivity index (χ0n) is 8.74. The highest BCUT2D eigenvalue weighted by atomic mass is 79.9. The standard InChI is InChI=1S/C10H8BrFO4S/c1-2-16-10(15)9(14)7(12)8(13)5-3-4-6(11)17-5/h3-4,7H,2H2,1H3. The third-order valence-corrected chi connectivity index (χ3v) is 3.39. The minimum atomic E-state index is -2.50. The molecule has 0 saturated carbocycles. The third kappa shape index (κ3) is 3.44. The highest BCUT2D eigenvalue weighted by molar-refractivity contribution is 9.11. The normalized spacial score (nSPS) is 11.9. The Hall–Kier alpha value is -1.08. The van der Waals surface area contributed by atoms with Crippen molar-refractivity contribution >= 4 is 44.8 Å². The Balaban J connectivity index is 2.76. The van der Waals surface area contributed by atoms with Crippen LogP contribution in [0.3, 0.4) is 0 Å². The summed E-state index contributed by atoms with van der Waals surface area (Å²) in [6.45, 7) is 1.44. The largest absolute Gasteiger partial charge is 0.460 e. The molecule has 0 fully saturated rings. The fourth-order valence-electron chi connectivity index (χ4n) is 0.996. The fourth-order valence-corrected chi connectivity index (χ4v) is 2.34. The Labute approximate surface area is 109 Å². The average molecular weight is 323 g/mol. The van der Waals surface area contributed by atoms with Gasteiger partial charge in [-0.3, -0.25) is 9.59 Å². The lowest BCUT2D eigenvalue weighted by atomic mass is 10.1. The number of rotatable bonds is 5. The molecule has 92 valence electrons. The average Bonchev–Trinajstić information content (AvgIpc) is 2.73. The van der Waals surface area contributed by atoms with Gasteiger partial charge in [0.2, 0.25) is 12.0 Å². The van der Waals surface area contributed by atoms with Gasteiger partial charge in [-0.2, -0.15) is 0 Å². The number of carbonyl (C=O) groups excluding carboxylic acids is 3. The molecule has 7 heteroatoms. The number of thiophene rings is 1. The third-order valence-electron chi connectivity index (χ3n) is 1.75. The number of hydrogen-bond acceptors (Lipinski definition) is 5. The molecule has 17 heavy (non-hydrogen) atoms. The molecular formula is C10H8BrFO4S. The predicted octanol–water partition coefficient (Wildman–Crippen LogP) is 2.16. The summed E-state index contributed by atoms with van der Waals surface area (Å²) in [5.41, 5.74) is 0. The highest BCUT2D eigenvalue weighted by Crippen LogP contribution is 2.24. The molecule has 0 aromatic carbocycles. The Bertz CT molecular complexity index is 457. The zero-order valence-corrected chi connectivity index (χ0v) is 11.1. The maximum atomic E-state index is 13.5. The smallest absolute Gasteiger partial charge is 0.378 e. The summed E-state index contributed by atoms with van der Waals surface area (Å²) < 4.78 is 18.4. The van der Waals surface area contributed by atoms with Gasteiger partial charge in [-0.25, -0.2) is 9.18 Å². The van der Waals surface area contributed by atoms with Gasteiger partial charge in [-0.05, 0) is 35.0 Å². The topological polar surface area (TPSA) is 60.4 Å². The molecule has 0 aliphatic rings. The molecule has 1 aromatic heterocycles. The second kappa shape index (κ2) is 6.02. The molecule has 0 radical (unpaired) electrons. The highest BCUT2D eigenvalue weighted by Gasteiger charge is 2.33. The second-order valence-corrected chi connectivity index (χ2v) is 5.38. The molecule has 0 amide bonds. The lowest BCUT2D eigenvalue weighted by Gasteiger charge is -2.04. The van der Waals surface area contributed by atoms with Crippen LogP contribution in [0.4, 0.5) is 4.39 Å². The van der Waals surface area contributed by atoms with Crippen molar-refractivity contribution in [2.24, 2.45) is 0 Å². The van der Waals surface area contributed by atoms with Gasteiger partial charge in [0.15, 0.2) is 0 Å². The van der Waals surface area contributed by atoms with E-state index in [1.54, 1.807) is 6.07 Å². The molecule has 1 aromatic rings. The lowest BCUT2D eigenvalue weighted by Crippen LogP contribution is -2.32. The van der Waals surface area contributed by atoms with E-state index in [2.05, 4.69) is 20.7 Å². The first-order valence-corrected chi connectivity index (χ1v) is 6.23.